The van der Waals surface area contributed by atoms with Crippen LogP contribution in [-0.2, 0) is 5.41 Å². The van der Waals surface area contributed by atoms with Crippen LogP contribution in [0.2, 0.25) is 0 Å². The Kier molecular flexibility index (Phi) is 4.67. The summed E-state index contributed by atoms with van der Waals surface area (Å²) in [5, 5.41) is 0. The molecule has 0 aromatic heterocycles. The Morgan fingerprint density at radius 1 is 1.00 bits per heavy atom. The molecule has 1 aliphatic carbocycles. The summed E-state index contributed by atoms with van der Waals surface area (Å²) in [7, 11) is 0. The van der Waals surface area contributed by atoms with Gasteiger partial charge >= 0.3 is 0 Å². The van der Waals surface area contributed by atoms with E-state index in [4.69, 9.17) is 5.73 Å². The van der Waals surface area contributed by atoms with Crippen molar-refractivity contribution < 1.29 is 0 Å². The number of hydrogen-bond donors (Lipinski definition) is 1. The lowest BCUT2D eigenvalue weighted by Gasteiger charge is -2.29. The smallest absolute Gasteiger partial charge is 0.0326 e. The average Bonchev–Trinajstić information content (AvgIpc) is 2.66. The molecule has 0 bridgehead atoms. The predicted molar refractivity (Wildman–Crippen MR) is 83.3 cm³/mol. The molecule has 2 N–H and O–H groups in total. The van der Waals surface area contributed by atoms with Crippen LogP contribution in [0.4, 0.5) is 0 Å². The normalized spacial score (nSPS) is 20.0. The molecule has 0 amide bonds. The standard InChI is InChI=1S/C18H29N/c1-18(2,3)16-13-9-8-12-15(16)17(19)14-10-6-4-5-7-11-14/h8-9,12-14,17H,4-7,10-11,19H2,1-3H3. The van der Waals surface area contributed by atoms with Crippen molar-refractivity contribution in [3.8, 4) is 0 Å². The predicted octanol–water partition coefficient (Wildman–Crippen LogP) is 4.95. The van der Waals surface area contributed by atoms with Crippen LogP contribution in [0.1, 0.15) is 76.5 Å². The molecule has 0 radical (unpaired) electrons. The summed E-state index contributed by atoms with van der Waals surface area (Å²) >= 11 is 0. The Balaban J connectivity index is 2.25. The molecule has 1 heteroatoms. The highest BCUT2D eigenvalue weighted by Crippen LogP contribution is 2.36. The van der Waals surface area contributed by atoms with E-state index in [2.05, 4.69) is 45.0 Å². The van der Waals surface area contributed by atoms with Crippen LogP contribution >= 0.6 is 0 Å². The van der Waals surface area contributed by atoms with Crippen molar-refractivity contribution in [2.75, 3.05) is 0 Å². The van der Waals surface area contributed by atoms with E-state index in [0.717, 1.165) is 0 Å². The molecular formula is C18H29N. The fourth-order valence-electron chi connectivity index (χ4n) is 3.39. The van der Waals surface area contributed by atoms with Gasteiger partial charge in [0.1, 0.15) is 0 Å². The maximum absolute atomic E-state index is 6.64. The highest BCUT2D eigenvalue weighted by molar-refractivity contribution is 5.35. The lowest BCUT2D eigenvalue weighted by atomic mass is 9.78. The Hall–Kier alpha value is -0.820. The summed E-state index contributed by atoms with van der Waals surface area (Å²) in [5.74, 6) is 0.672. The van der Waals surface area contributed by atoms with Gasteiger partial charge in [-0.25, -0.2) is 0 Å². The van der Waals surface area contributed by atoms with Gasteiger partial charge in [-0.1, -0.05) is 70.7 Å². The minimum Gasteiger partial charge on any atom is -0.324 e. The van der Waals surface area contributed by atoms with Crippen LogP contribution in [0.3, 0.4) is 0 Å². The zero-order chi connectivity index (χ0) is 13.9. The zero-order valence-corrected chi connectivity index (χ0v) is 12.8. The molecule has 1 unspecified atom stereocenters. The first kappa shape index (κ1) is 14.6. The zero-order valence-electron chi connectivity index (χ0n) is 12.8. The van der Waals surface area contributed by atoms with E-state index < -0.39 is 0 Å². The molecule has 0 saturated heterocycles. The number of nitrogens with two attached hydrogens (primary N) is 1. The molecule has 1 fully saturated rings. The Morgan fingerprint density at radius 3 is 2.16 bits per heavy atom. The first-order valence-electron chi connectivity index (χ1n) is 7.85. The first-order chi connectivity index (χ1) is 9.00. The van der Waals surface area contributed by atoms with Gasteiger partial charge < -0.3 is 5.73 Å². The summed E-state index contributed by atoms with van der Waals surface area (Å²) < 4.78 is 0. The molecule has 19 heavy (non-hydrogen) atoms. The molecule has 2 rings (SSSR count). The maximum atomic E-state index is 6.64. The first-order valence-corrected chi connectivity index (χ1v) is 7.85. The number of benzene rings is 1. The summed E-state index contributed by atoms with van der Waals surface area (Å²) in [6.45, 7) is 6.85. The second-order valence-electron chi connectivity index (χ2n) is 7.11. The minimum atomic E-state index is 0.180. The third-order valence-electron chi connectivity index (χ3n) is 4.54. The fourth-order valence-corrected chi connectivity index (χ4v) is 3.39. The van der Waals surface area contributed by atoms with Gasteiger partial charge in [-0.3, -0.25) is 0 Å². The van der Waals surface area contributed by atoms with Crippen molar-refractivity contribution in [3.05, 3.63) is 35.4 Å². The monoisotopic (exact) mass is 259 g/mol. The molecule has 1 nitrogen and oxygen atoms in total. The van der Waals surface area contributed by atoms with Crippen molar-refractivity contribution in [3.63, 3.8) is 0 Å². The van der Waals surface area contributed by atoms with Crippen molar-refractivity contribution in [1.82, 2.24) is 0 Å². The maximum Gasteiger partial charge on any atom is 0.0326 e. The van der Waals surface area contributed by atoms with Gasteiger partial charge in [-0.15, -0.1) is 0 Å². The second kappa shape index (κ2) is 6.09. The fraction of sp³-hybridized carbons (Fsp3) is 0.667. The van der Waals surface area contributed by atoms with Crippen LogP contribution in [0.25, 0.3) is 0 Å². The van der Waals surface area contributed by atoms with E-state index in [1.165, 1.54) is 49.7 Å². The molecule has 1 aliphatic rings. The van der Waals surface area contributed by atoms with Crippen molar-refractivity contribution in [1.29, 1.82) is 0 Å². The quantitative estimate of drug-likeness (QED) is 0.747. The molecule has 1 saturated carbocycles. The van der Waals surface area contributed by atoms with Crippen LogP contribution < -0.4 is 5.73 Å². The van der Waals surface area contributed by atoms with Crippen LogP contribution in [0.15, 0.2) is 24.3 Å². The van der Waals surface area contributed by atoms with Gasteiger partial charge in [0.2, 0.25) is 0 Å². The van der Waals surface area contributed by atoms with Gasteiger partial charge in [-0.2, -0.15) is 0 Å². The topological polar surface area (TPSA) is 26.0 Å². The van der Waals surface area contributed by atoms with Gasteiger partial charge in [0, 0.05) is 6.04 Å². The largest absolute Gasteiger partial charge is 0.324 e. The SMILES string of the molecule is CC(C)(C)c1ccccc1C(N)C1CCCCCC1. The van der Waals surface area contributed by atoms with E-state index in [0.29, 0.717) is 5.92 Å². The Labute approximate surface area is 118 Å². The Bertz CT molecular complexity index is 394. The van der Waals surface area contributed by atoms with Gasteiger partial charge in [0.25, 0.3) is 0 Å². The highest BCUT2D eigenvalue weighted by Gasteiger charge is 2.26. The molecule has 1 atom stereocenters. The van der Waals surface area contributed by atoms with E-state index in [-0.39, 0.29) is 11.5 Å². The molecule has 1 aromatic rings. The summed E-state index contributed by atoms with van der Waals surface area (Å²) in [5.41, 5.74) is 9.62. The van der Waals surface area contributed by atoms with E-state index >= 15 is 0 Å². The number of rotatable bonds is 2. The lowest BCUT2D eigenvalue weighted by molar-refractivity contribution is 0.377. The van der Waals surface area contributed by atoms with E-state index in [9.17, 15) is 0 Å². The molecule has 106 valence electrons. The summed E-state index contributed by atoms with van der Waals surface area (Å²) in [6.07, 6.45) is 8.11. The van der Waals surface area contributed by atoms with Crippen molar-refractivity contribution in [2.45, 2.75) is 70.8 Å². The van der Waals surface area contributed by atoms with Crippen molar-refractivity contribution >= 4 is 0 Å². The summed E-state index contributed by atoms with van der Waals surface area (Å²) in [4.78, 5) is 0. The van der Waals surface area contributed by atoms with E-state index in [1.54, 1.807) is 0 Å². The molecular weight excluding hydrogens is 230 g/mol. The number of hydrogen-bond acceptors (Lipinski definition) is 1. The third-order valence-corrected chi connectivity index (χ3v) is 4.54. The third kappa shape index (κ3) is 3.60. The molecule has 0 heterocycles. The second-order valence-corrected chi connectivity index (χ2v) is 7.11. The van der Waals surface area contributed by atoms with Crippen LogP contribution in [-0.4, -0.2) is 0 Å². The van der Waals surface area contributed by atoms with Crippen molar-refractivity contribution in [2.24, 2.45) is 11.7 Å². The average molecular weight is 259 g/mol. The molecule has 0 aliphatic heterocycles. The molecule has 1 aromatic carbocycles. The van der Waals surface area contributed by atoms with Crippen LogP contribution in [0, 0.1) is 5.92 Å². The lowest BCUT2D eigenvalue weighted by Crippen LogP contribution is -2.25. The summed E-state index contributed by atoms with van der Waals surface area (Å²) in [6, 6.07) is 9.00. The molecule has 0 spiro atoms. The van der Waals surface area contributed by atoms with E-state index in [1.807, 2.05) is 0 Å². The minimum absolute atomic E-state index is 0.180. The van der Waals surface area contributed by atoms with Gasteiger partial charge in [0.15, 0.2) is 0 Å². The van der Waals surface area contributed by atoms with Gasteiger partial charge in [0.05, 0.1) is 0 Å². The van der Waals surface area contributed by atoms with Gasteiger partial charge in [-0.05, 0) is 35.3 Å². The van der Waals surface area contributed by atoms with Crippen LogP contribution in [0.5, 0.6) is 0 Å². The highest BCUT2D eigenvalue weighted by atomic mass is 14.7. The Morgan fingerprint density at radius 2 is 1.58 bits per heavy atom.